The number of aryl methyl sites for hydroxylation is 2. The lowest BCUT2D eigenvalue weighted by atomic mass is 10.1. The van der Waals surface area contributed by atoms with Gasteiger partial charge in [-0.3, -0.25) is 4.79 Å². The van der Waals surface area contributed by atoms with Crippen molar-refractivity contribution in [2.45, 2.75) is 20.3 Å². The number of amides is 1. The van der Waals surface area contributed by atoms with Crippen molar-refractivity contribution >= 4 is 21.8 Å². The first kappa shape index (κ1) is 17.4. The molecule has 0 saturated carbocycles. The van der Waals surface area contributed by atoms with E-state index < -0.39 is 0 Å². The van der Waals surface area contributed by atoms with E-state index in [1.54, 1.807) is 0 Å². The Labute approximate surface area is 156 Å². The van der Waals surface area contributed by atoms with Crippen LogP contribution in [0.4, 0.5) is 0 Å². The van der Waals surface area contributed by atoms with Crippen LogP contribution >= 0.6 is 15.9 Å². The average Bonchev–Trinajstić information content (AvgIpc) is 2.94. The molecule has 2 aromatic carbocycles. The minimum absolute atomic E-state index is 0.0632. The van der Waals surface area contributed by atoms with Gasteiger partial charge in [0.2, 0.25) is 0 Å². The zero-order valence-corrected chi connectivity index (χ0v) is 15.9. The van der Waals surface area contributed by atoms with Crippen LogP contribution in [0.3, 0.4) is 0 Å². The van der Waals surface area contributed by atoms with Gasteiger partial charge < -0.3 is 5.32 Å². The zero-order chi connectivity index (χ0) is 17.8. The molecule has 0 bridgehead atoms. The van der Waals surface area contributed by atoms with Crippen molar-refractivity contribution in [2.24, 2.45) is 0 Å². The van der Waals surface area contributed by atoms with E-state index in [0.717, 1.165) is 28.0 Å². The highest BCUT2D eigenvalue weighted by molar-refractivity contribution is 9.10. The molecule has 25 heavy (non-hydrogen) atoms. The molecule has 0 spiro atoms. The van der Waals surface area contributed by atoms with Gasteiger partial charge in [-0.1, -0.05) is 24.3 Å². The second kappa shape index (κ2) is 7.66. The first-order chi connectivity index (χ1) is 12.0. The van der Waals surface area contributed by atoms with E-state index in [1.807, 2.05) is 42.8 Å². The largest absolute Gasteiger partial charge is 0.352 e. The lowest BCUT2D eigenvalue weighted by Gasteiger charge is -2.08. The van der Waals surface area contributed by atoms with Gasteiger partial charge in [-0.25, -0.2) is 4.68 Å². The maximum Gasteiger partial charge on any atom is 0.252 e. The maximum atomic E-state index is 12.2. The van der Waals surface area contributed by atoms with Gasteiger partial charge in [-0.05, 0) is 72.1 Å². The van der Waals surface area contributed by atoms with Crippen LogP contribution in [0.1, 0.15) is 27.3 Å². The fourth-order valence-corrected chi connectivity index (χ4v) is 3.22. The number of halogens is 1. The summed E-state index contributed by atoms with van der Waals surface area (Å²) < 4.78 is 2.75. The molecule has 3 rings (SSSR count). The minimum Gasteiger partial charge on any atom is -0.352 e. The molecule has 5 heteroatoms. The third kappa shape index (κ3) is 4.17. The number of aromatic nitrogens is 2. The second-order valence-electron chi connectivity index (χ2n) is 5.99. The van der Waals surface area contributed by atoms with Crippen molar-refractivity contribution in [3.8, 4) is 5.69 Å². The van der Waals surface area contributed by atoms with Gasteiger partial charge in [0.1, 0.15) is 0 Å². The van der Waals surface area contributed by atoms with Crippen molar-refractivity contribution in [1.29, 1.82) is 0 Å². The summed E-state index contributed by atoms with van der Waals surface area (Å²) in [5, 5.41) is 7.45. The predicted molar refractivity (Wildman–Crippen MR) is 103 cm³/mol. The van der Waals surface area contributed by atoms with E-state index >= 15 is 0 Å². The van der Waals surface area contributed by atoms with Gasteiger partial charge >= 0.3 is 0 Å². The third-order valence-corrected chi connectivity index (χ3v) is 4.70. The highest BCUT2D eigenvalue weighted by Gasteiger charge is 2.08. The lowest BCUT2D eigenvalue weighted by molar-refractivity contribution is 0.0953. The number of benzene rings is 2. The van der Waals surface area contributed by atoms with Crippen LogP contribution in [0.2, 0.25) is 0 Å². The summed E-state index contributed by atoms with van der Waals surface area (Å²) in [6.45, 7) is 4.64. The summed E-state index contributed by atoms with van der Waals surface area (Å²) in [5.74, 6) is -0.0632. The minimum atomic E-state index is -0.0632. The van der Waals surface area contributed by atoms with Crippen molar-refractivity contribution in [3.63, 3.8) is 0 Å². The van der Waals surface area contributed by atoms with Crippen LogP contribution in [0.5, 0.6) is 0 Å². The second-order valence-corrected chi connectivity index (χ2v) is 6.85. The molecule has 0 fully saturated rings. The summed E-state index contributed by atoms with van der Waals surface area (Å²) >= 11 is 3.40. The van der Waals surface area contributed by atoms with E-state index in [4.69, 9.17) is 0 Å². The van der Waals surface area contributed by atoms with Crippen molar-refractivity contribution in [1.82, 2.24) is 15.1 Å². The van der Waals surface area contributed by atoms with E-state index in [0.29, 0.717) is 12.1 Å². The van der Waals surface area contributed by atoms with Gasteiger partial charge in [0, 0.05) is 16.7 Å². The molecule has 1 heterocycles. The van der Waals surface area contributed by atoms with Crippen LogP contribution < -0.4 is 5.32 Å². The molecule has 0 aliphatic heterocycles. The Morgan fingerprint density at radius 1 is 1.12 bits per heavy atom. The molecular formula is C20H20BrN3O. The van der Waals surface area contributed by atoms with E-state index in [1.165, 1.54) is 5.56 Å². The summed E-state index contributed by atoms with van der Waals surface area (Å²) in [6.07, 6.45) is 0.785. The van der Waals surface area contributed by atoms with E-state index in [-0.39, 0.29) is 5.91 Å². The fourth-order valence-electron chi connectivity index (χ4n) is 2.76. The molecule has 0 atom stereocenters. The Balaban J connectivity index is 1.58. The number of carbonyl (C=O) groups is 1. The van der Waals surface area contributed by atoms with Crippen LogP contribution in [-0.2, 0) is 6.42 Å². The van der Waals surface area contributed by atoms with Crippen molar-refractivity contribution in [3.05, 3.63) is 81.6 Å². The molecule has 0 aliphatic rings. The molecule has 0 radical (unpaired) electrons. The van der Waals surface area contributed by atoms with Crippen LogP contribution in [0.25, 0.3) is 5.69 Å². The van der Waals surface area contributed by atoms with Crippen LogP contribution in [-0.4, -0.2) is 22.2 Å². The fraction of sp³-hybridized carbons (Fsp3) is 0.200. The number of hydrogen-bond donors (Lipinski definition) is 1. The molecule has 1 N–H and O–H groups in total. The Bertz CT molecular complexity index is 884. The van der Waals surface area contributed by atoms with Gasteiger partial charge in [0.25, 0.3) is 5.91 Å². The number of nitrogens with zero attached hydrogens (tertiary/aromatic N) is 2. The highest BCUT2D eigenvalue weighted by Crippen LogP contribution is 2.16. The molecule has 0 unspecified atom stereocenters. The first-order valence-corrected chi connectivity index (χ1v) is 8.99. The van der Waals surface area contributed by atoms with Gasteiger partial charge in [0.05, 0.1) is 16.9 Å². The first-order valence-electron chi connectivity index (χ1n) is 8.20. The Morgan fingerprint density at radius 2 is 1.84 bits per heavy atom. The molecule has 0 saturated heterocycles. The lowest BCUT2D eigenvalue weighted by Crippen LogP contribution is -2.25. The number of rotatable bonds is 5. The molecule has 4 nitrogen and oxygen atoms in total. The SMILES string of the molecule is Cc1cc(C)n(-c2ccc(CCNC(=O)c3ccccc3Br)cc2)n1. The molecular weight excluding hydrogens is 378 g/mol. The molecule has 128 valence electrons. The summed E-state index contributed by atoms with van der Waals surface area (Å²) in [5.41, 5.74) is 5.01. The predicted octanol–water partition coefficient (Wildman–Crippen LogP) is 4.22. The Kier molecular flexibility index (Phi) is 5.34. The van der Waals surface area contributed by atoms with E-state index in [9.17, 15) is 4.79 Å². The van der Waals surface area contributed by atoms with Crippen LogP contribution in [0.15, 0.2) is 59.1 Å². The number of hydrogen-bond acceptors (Lipinski definition) is 2. The smallest absolute Gasteiger partial charge is 0.252 e. The number of nitrogens with one attached hydrogen (secondary N) is 1. The van der Waals surface area contributed by atoms with Gasteiger partial charge in [0.15, 0.2) is 0 Å². The molecule has 3 aromatic rings. The van der Waals surface area contributed by atoms with Gasteiger partial charge in [-0.15, -0.1) is 0 Å². The summed E-state index contributed by atoms with van der Waals surface area (Å²) in [4.78, 5) is 12.2. The Hall–Kier alpha value is -2.40. The monoisotopic (exact) mass is 397 g/mol. The van der Waals surface area contributed by atoms with Gasteiger partial charge in [-0.2, -0.15) is 5.10 Å². The van der Waals surface area contributed by atoms with Crippen LogP contribution in [0, 0.1) is 13.8 Å². The molecule has 1 aromatic heterocycles. The topological polar surface area (TPSA) is 46.9 Å². The summed E-state index contributed by atoms with van der Waals surface area (Å²) in [7, 11) is 0. The molecule has 1 amide bonds. The zero-order valence-electron chi connectivity index (χ0n) is 14.3. The quantitative estimate of drug-likeness (QED) is 0.700. The molecule has 0 aliphatic carbocycles. The average molecular weight is 398 g/mol. The maximum absolute atomic E-state index is 12.2. The van der Waals surface area contributed by atoms with E-state index in [2.05, 4.69) is 56.7 Å². The summed E-state index contributed by atoms with van der Waals surface area (Å²) in [6, 6.07) is 17.8. The third-order valence-electron chi connectivity index (χ3n) is 4.01. The number of carbonyl (C=O) groups excluding carboxylic acids is 1. The Morgan fingerprint density at radius 3 is 2.48 bits per heavy atom. The normalized spacial score (nSPS) is 10.7. The standard InChI is InChI=1S/C20H20BrN3O/c1-14-13-15(2)24(23-14)17-9-7-16(8-10-17)11-12-22-20(25)18-5-3-4-6-19(18)21/h3-10,13H,11-12H2,1-2H3,(H,22,25). The van der Waals surface area contributed by atoms with Crippen molar-refractivity contribution < 1.29 is 4.79 Å². The highest BCUT2D eigenvalue weighted by atomic mass is 79.9. The van der Waals surface area contributed by atoms with Crippen molar-refractivity contribution in [2.75, 3.05) is 6.54 Å².